The van der Waals surface area contributed by atoms with Crippen molar-refractivity contribution < 1.29 is 29.3 Å². The SMILES string of the molecule is COCC(=O)N(Cc1ccccc1)[C@@H]1CC(C(=O)NCCO)=C[C@H](Oc2ccccc2I)[C@H]1O. The van der Waals surface area contributed by atoms with Crippen molar-refractivity contribution in [3.8, 4) is 5.75 Å². The number of carbonyl (C=O) groups excluding carboxylic acids is 2. The van der Waals surface area contributed by atoms with E-state index in [0.29, 0.717) is 11.3 Å². The van der Waals surface area contributed by atoms with Crippen LogP contribution in [0.25, 0.3) is 0 Å². The highest BCUT2D eigenvalue weighted by atomic mass is 127. The summed E-state index contributed by atoms with van der Waals surface area (Å²) in [5, 5.41) is 23.1. The first-order valence-electron chi connectivity index (χ1n) is 11.0. The maximum atomic E-state index is 13.1. The molecule has 3 N–H and O–H groups in total. The van der Waals surface area contributed by atoms with Crippen molar-refractivity contribution in [1.82, 2.24) is 10.2 Å². The van der Waals surface area contributed by atoms with Crippen LogP contribution in [-0.2, 0) is 20.9 Å². The lowest BCUT2D eigenvalue weighted by atomic mass is 9.88. The van der Waals surface area contributed by atoms with E-state index in [2.05, 4.69) is 27.9 Å². The highest BCUT2D eigenvalue weighted by Gasteiger charge is 2.40. The summed E-state index contributed by atoms with van der Waals surface area (Å²) in [5.41, 5.74) is 1.26. The molecule has 1 aliphatic rings. The Labute approximate surface area is 212 Å². The number of rotatable bonds is 10. The molecule has 1 aliphatic carbocycles. The zero-order valence-electron chi connectivity index (χ0n) is 18.9. The third kappa shape index (κ3) is 6.78. The molecule has 2 aromatic carbocycles. The molecule has 0 heterocycles. The van der Waals surface area contributed by atoms with Crippen molar-refractivity contribution in [2.45, 2.75) is 31.2 Å². The fourth-order valence-electron chi connectivity index (χ4n) is 3.84. The Kier molecular flexibility index (Phi) is 9.87. The minimum atomic E-state index is -1.09. The summed E-state index contributed by atoms with van der Waals surface area (Å²) in [7, 11) is 1.44. The highest BCUT2D eigenvalue weighted by molar-refractivity contribution is 14.1. The van der Waals surface area contributed by atoms with Crippen LogP contribution >= 0.6 is 22.6 Å². The van der Waals surface area contributed by atoms with Crippen molar-refractivity contribution in [3.05, 3.63) is 75.4 Å². The monoisotopic (exact) mass is 580 g/mol. The minimum Gasteiger partial charge on any atom is -0.482 e. The van der Waals surface area contributed by atoms with E-state index >= 15 is 0 Å². The van der Waals surface area contributed by atoms with Crippen LogP contribution in [0.3, 0.4) is 0 Å². The largest absolute Gasteiger partial charge is 0.482 e. The Bertz CT molecular complexity index is 1000. The number of aliphatic hydroxyl groups is 2. The van der Waals surface area contributed by atoms with Gasteiger partial charge in [-0.1, -0.05) is 42.5 Å². The molecule has 3 atom stereocenters. The zero-order valence-corrected chi connectivity index (χ0v) is 21.1. The van der Waals surface area contributed by atoms with Gasteiger partial charge in [-0.3, -0.25) is 9.59 Å². The number of aliphatic hydroxyl groups excluding tert-OH is 2. The molecule has 0 saturated carbocycles. The third-order valence-corrected chi connectivity index (χ3v) is 6.39. The number of nitrogens with one attached hydrogen (secondary N) is 1. The number of carbonyl (C=O) groups is 2. The lowest BCUT2D eigenvalue weighted by Gasteiger charge is -2.40. The van der Waals surface area contributed by atoms with E-state index in [-0.39, 0.29) is 44.5 Å². The average molecular weight is 580 g/mol. The summed E-state index contributed by atoms with van der Waals surface area (Å²) in [6.07, 6.45) is -0.224. The van der Waals surface area contributed by atoms with E-state index in [0.717, 1.165) is 9.13 Å². The molecule has 0 bridgehead atoms. The van der Waals surface area contributed by atoms with Gasteiger partial charge < -0.3 is 29.9 Å². The molecule has 0 fully saturated rings. The van der Waals surface area contributed by atoms with Crippen LogP contribution in [0.4, 0.5) is 0 Å². The van der Waals surface area contributed by atoms with E-state index in [1.54, 1.807) is 17.0 Å². The Hall–Kier alpha value is -2.47. The molecule has 0 aromatic heterocycles. The van der Waals surface area contributed by atoms with Crippen molar-refractivity contribution in [1.29, 1.82) is 0 Å². The van der Waals surface area contributed by atoms with Crippen molar-refractivity contribution in [3.63, 3.8) is 0 Å². The highest BCUT2D eigenvalue weighted by Crippen LogP contribution is 2.30. The fraction of sp³-hybridized carbons (Fsp3) is 0.360. The molecule has 0 unspecified atom stereocenters. The van der Waals surface area contributed by atoms with Gasteiger partial charge in [0.25, 0.3) is 0 Å². The summed E-state index contributed by atoms with van der Waals surface area (Å²) in [6.45, 7) is -0.0126. The van der Waals surface area contributed by atoms with Gasteiger partial charge >= 0.3 is 0 Å². The number of hydrogen-bond acceptors (Lipinski definition) is 6. The van der Waals surface area contributed by atoms with Crippen molar-refractivity contribution in [2.75, 3.05) is 26.9 Å². The van der Waals surface area contributed by atoms with Crippen LogP contribution in [0.15, 0.2) is 66.2 Å². The quantitative estimate of drug-likeness (QED) is 0.371. The molecule has 0 spiro atoms. The van der Waals surface area contributed by atoms with Gasteiger partial charge in [-0.05, 0) is 46.4 Å². The maximum Gasteiger partial charge on any atom is 0.249 e. The Morgan fingerprint density at radius 1 is 1.15 bits per heavy atom. The van der Waals surface area contributed by atoms with Gasteiger partial charge in [0.05, 0.1) is 16.2 Å². The Balaban J connectivity index is 1.95. The van der Waals surface area contributed by atoms with Gasteiger partial charge in [0, 0.05) is 32.2 Å². The molecule has 3 rings (SSSR count). The average Bonchev–Trinajstić information content (AvgIpc) is 2.84. The number of nitrogens with zero attached hydrogens (tertiary/aromatic N) is 1. The van der Waals surface area contributed by atoms with Crippen molar-refractivity contribution >= 4 is 34.4 Å². The first-order valence-corrected chi connectivity index (χ1v) is 12.0. The normalized spacial score (nSPS) is 19.8. The number of methoxy groups -OCH3 is 1. The molecule has 8 nitrogen and oxygen atoms in total. The zero-order chi connectivity index (χ0) is 24.5. The van der Waals surface area contributed by atoms with E-state index in [1.807, 2.05) is 48.5 Å². The summed E-state index contributed by atoms with van der Waals surface area (Å²) < 4.78 is 12.1. The molecule has 0 radical (unpaired) electrons. The molecule has 2 aromatic rings. The first-order chi connectivity index (χ1) is 16.4. The van der Waals surface area contributed by atoms with E-state index in [9.17, 15) is 14.7 Å². The van der Waals surface area contributed by atoms with Crippen molar-refractivity contribution in [2.24, 2.45) is 0 Å². The molecule has 182 valence electrons. The molecule has 2 amide bonds. The second kappa shape index (κ2) is 12.8. The third-order valence-electron chi connectivity index (χ3n) is 5.50. The molecule has 9 heteroatoms. The summed E-state index contributed by atoms with van der Waals surface area (Å²) >= 11 is 2.14. The van der Waals surface area contributed by atoms with Gasteiger partial charge in [-0.15, -0.1) is 0 Å². The lowest BCUT2D eigenvalue weighted by molar-refractivity contribution is -0.143. The molecule has 0 aliphatic heterocycles. The van der Waals surface area contributed by atoms with Crippen LogP contribution in [0.2, 0.25) is 0 Å². The van der Waals surface area contributed by atoms with Gasteiger partial charge in [0.2, 0.25) is 11.8 Å². The smallest absolute Gasteiger partial charge is 0.249 e. The number of halogens is 1. The topological polar surface area (TPSA) is 108 Å². The number of para-hydroxylation sites is 1. The van der Waals surface area contributed by atoms with Gasteiger partial charge in [-0.2, -0.15) is 0 Å². The van der Waals surface area contributed by atoms with Crippen LogP contribution in [0.1, 0.15) is 12.0 Å². The lowest BCUT2D eigenvalue weighted by Crippen LogP contribution is -2.55. The minimum absolute atomic E-state index is 0.0990. The van der Waals surface area contributed by atoms with Gasteiger partial charge in [-0.25, -0.2) is 0 Å². The maximum absolute atomic E-state index is 13.1. The molecular weight excluding hydrogens is 551 g/mol. The summed E-state index contributed by atoms with van der Waals surface area (Å²) in [4.78, 5) is 27.4. The van der Waals surface area contributed by atoms with E-state index < -0.39 is 18.2 Å². The Morgan fingerprint density at radius 3 is 2.53 bits per heavy atom. The number of ether oxygens (including phenoxy) is 2. The van der Waals surface area contributed by atoms with Crippen LogP contribution < -0.4 is 10.1 Å². The second-order valence-corrected chi connectivity index (χ2v) is 9.05. The number of benzene rings is 2. The number of amides is 2. The molecule has 0 saturated heterocycles. The number of hydrogen-bond donors (Lipinski definition) is 3. The predicted octanol–water partition coefficient (Wildman–Crippen LogP) is 1.88. The van der Waals surface area contributed by atoms with Crippen LogP contribution in [0, 0.1) is 3.57 Å². The molecule has 34 heavy (non-hydrogen) atoms. The molecular formula is C25H29IN2O6. The second-order valence-electron chi connectivity index (χ2n) is 7.89. The fourth-order valence-corrected chi connectivity index (χ4v) is 4.36. The van der Waals surface area contributed by atoms with Crippen LogP contribution in [-0.4, -0.2) is 72.0 Å². The summed E-state index contributed by atoms with van der Waals surface area (Å²) in [5.74, 6) is -0.112. The van der Waals surface area contributed by atoms with E-state index in [4.69, 9.17) is 14.6 Å². The van der Waals surface area contributed by atoms with Crippen LogP contribution in [0.5, 0.6) is 5.75 Å². The predicted molar refractivity (Wildman–Crippen MR) is 135 cm³/mol. The summed E-state index contributed by atoms with van der Waals surface area (Å²) in [6, 6.07) is 16.1. The van der Waals surface area contributed by atoms with Gasteiger partial charge in [0.15, 0.2) is 0 Å². The first kappa shape index (κ1) is 26.1. The standard InChI is InChI=1S/C25H29IN2O6/c1-33-16-23(30)28(15-17-7-3-2-4-8-17)20-13-18(25(32)27-11-12-29)14-22(24(20)31)34-21-10-6-5-9-19(21)26/h2-10,14,20,22,24,29,31H,11-13,15-16H2,1H3,(H,27,32)/t20-,22+,24+/m1/s1. The Morgan fingerprint density at radius 2 is 1.85 bits per heavy atom. The van der Waals surface area contributed by atoms with Gasteiger partial charge in [0.1, 0.15) is 24.6 Å². The van der Waals surface area contributed by atoms with E-state index in [1.165, 1.54) is 7.11 Å².